The van der Waals surface area contributed by atoms with E-state index in [4.69, 9.17) is 14.6 Å². The Bertz CT molecular complexity index is 1070. The number of hydrogen-bond acceptors (Lipinski definition) is 5. The number of carbonyl (C=O) groups excluding carboxylic acids is 1. The Morgan fingerprint density at radius 2 is 1.88 bits per heavy atom. The van der Waals surface area contributed by atoms with Crippen molar-refractivity contribution >= 4 is 22.5 Å². The molecule has 2 heterocycles. The summed E-state index contributed by atoms with van der Waals surface area (Å²) < 4.78 is 13.8. The minimum absolute atomic E-state index is 0.118. The van der Waals surface area contributed by atoms with Crippen LogP contribution in [0.3, 0.4) is 0 Å². The fraction of sp³-hybridized carbons (Fsp3) is 0.519. The summed E-state index contributed by atoms with van der Waals surface area (Å²) in [5, 5.41) is 8.81. The number of pyridine rings is 1. The number of hydrogen-bond donors (Lipinski definition) is 1. The molecular formula is C27H36N4O3. The van der Waals surface area contributed by atoms with Gasteiger partial charge >= 0.3 is 0 Å². The summed E-state index contributed by atoms with van der Waals surface area (Å²) >= 11 is 0. The molecule has 7 nitrogen and oxygen atoms in total. The van der Waals surface area contributed by atoms with Gasteiger partial charge in [-0.05, 0) is 62.5 Å². The lowest BCUT2D eigenvalue weighted by atomic mass is 9.80. The molecule has 1 saturated carbocycles. The number of benzene rings is 1. The maximum absolute atomic E-state index is 11.8. The van der Waals surface area contributed by atoms with E-state index in [0.29, 0.717) is 36.6 Å². The summed E-state index contributed by atoms with van der Waals surface area (Å²) in [5.74, 6) is 2.74. The van der Waals surface area contributed by atoms with Gasteiger partial charge in [0.25, 0.3) is 0 Å². The van der Waals surface area contributed by atoms with Gasteiger partial charge in [-0.1, -0.05) is 19.9 Å². The first-order valence-corrected chi connectivity index (χ1v) is 12.5. The van der Waals surface area contributed by atoms with E-state index in [0.717, 1.165) is 35.6 Å². The molecule has 1 amide bonds. The molecule has 1 aliphatic carbocycles. The van der Waals surface area contributed by atoms with Gasteiger partial charge in [-0.2, -0.15) is 5.10 Å². The average molecular weight is 465 g/mol. The van der Waals surface area contributed by atoms with E-state index in [1.165, 1.54) is 32.6 Å². The van der Waals surface area contributed by atoms with Gasteiger partial charge in [0.05, 0.1) is 30.5 Å². The van der Waals surface area contributed by atoms with E-state index in [1.807, 2.05) is 30.3 Å². The van der Waals surface area contributed by atoms with Crippen molar-refractivity contribution < 1.29 is 14.3 Å². The molecule has 0 aliphatic heterocycles. The van der Waals surface area contributed by atoms with Crippen LogP contribution in [0.25, 0.3) is 10.9 Å². The highest BCUT2D eigenvalue weighted by Crippen LogP contribution is 2.37. The standard InChI is InChI=1S/C27H36N4O3/c1-19(2)21-9-11-23(12-10-21)31-18-22-16-25(29-20(3)32)26(17-24(22)30-31)33-14-6-7-15-34-27-8-4-5-13-28-27/h4-5,8,13,16-19,21,23H,6-7,9-12,14-15H2,1-3H3,(H,29,32)/t21-,23-. The number of fused-ring (bicyclic) bond motifs is 1. The number of ether oxygens (including phenoxy) is 2. The quantitative estimate of drug-likeness (QED) is 0.372. The van der Waals surface area contributed by atoms with Crippen molar-refractivity contribution in [2.75, 3.05) is 18.5 Å². The van der Waals surface area contributed by atoms with Crippen molar-refractivity contribution in [2.24, 2.45) is 11.8 Å². The first-order valence-electron chi connectivity index (χ1n) is 12.5. The van der Waals surface area contributed by atoms with Crippen molar-refractivity contribution in [3.8, 4) is 11.6 Å². The minimum atomic E-state index is -0.118. The summed E-state index contributed by atoms with van der Waals surface area (Å²) in [6.07, 6.45) is 10.4. The Hall–Kier alpha value is -3.09. The maximum atomic E-state index is 11.8. The second-order valence-corrected chi connectivity index (χ2v) is 9.58. The molecular weight excluding hydrogens is 428 g/mol. The van der Waals surface area contributed by atoms with Gasteiger partial charge in [-0.25, -0.2) is 4.98 Å². The number of aromatic nitrogens is 3. The summed E-state index contributed by atoms with van der Waals surface area (Å²) in [7, 11) is 0. The summed E-state index contributed by atoms with van der Waals surface area (Å²) in [6, 6.07) is 9.98. The molecule has 2 aromatic heterocycles. The molecule has 3 aromatic rings. The predicted molar refractivity (Wildman–Crippen MR) is 134 cm³/mol. The topological polar surface area (TPSA) is 78.3 Å². The SMILES string of the molecule is CC(=O)Nc1cc2cn([C@H]3CC[C@H](C(C)C)CC3)nc2cc1OCCCCOc1ccccn1. The third-order valence-electron chi connectivity index (χ3n) is 6.68. The third-order valence-corrected chi connectivity index (χ3v) is 6.68. The third kappa shape index (κ3) is 6.27. The van der Waals surface area contributed by atoms with Gasteiger partial charge in [-0.3, -0.25) is 9.48 Å². The minimum Gasteiger partial charge on any atom is -0.491 e. The molecule has 1 aromatic carbocycles. The van der Waals surface area contributed by atoms with E-state index in [9.17, 15) is 4.79 Å². The maximum Gasteiger partial charge on any atom is 0.221 e. The molecule has 1 aliphatic rings. The van der Waals surface area contributed by atoms with Gasteiger partial charge in [0.1, 0.15) is 5.75 Å². The number of anilines is 1. The monoisotopic (exact) mass is 464 g/mol. The molecule has 1 fully saturated rings. The summed E-state index contributed by atoms with van der Waals surface area (Å²) in [6.45, 7) is 7.28. The molecule has 4 rings (SSSR count). The lowest BCUT2D eigenvalue weighted by molar-refractivity contribution is -0.114. The molecule has 1 N–H and O–H groups in total. The molecule has 0 unspecified atom stereocenters. The molecule has 0 bridgehead atoms. The van der Waals surface area contributed by atoms with Gasteiger partial charge in [0.2, 0.25) is 11.8 Å². The van der Waals surface area contributed by atoms with Gasteiger partial charge in [-0.15, -0.1) is 0 Å². The Balaban J connectivity index is 1.37. The molecule has 0 atom stereocenters. The molecule has 0 radical (unpaired) electrons. The van der Waals surface area contributed by atoms with Gasteiger partial charge in [0.15, 0.2) is 0 Å². The Kier molecular flexibility index (Phi) is 8.03. The largest absolute Gasteiger partial charge is 0.491 e. The van der Waals surface area contributed by atoms with Crippen molar-refractivity contribution in [1.82, 2.24) is 14.8 Å². The molecule has 7 heteroatoms. The van der Waals surface area contributed by atoms with Crippen LogP contribution < -0.4 is 14.8 Å². The number of carbonyl (C=O) groups is 1. The van der Waals surface area contributed by atoms with Crippen molar-refractivity contribution in [1.29, 1.82) is 0 Å². The molecule has 34 heavy (non-hydrogen) atoms. The smallest absolute Gasteiger partial charge is 0.221 e. The van der Waals surface area contributed by atoms with E-state index >= 15 is 0 Å². The molecule has 182 valence electrons. The fourth-order valence-electron chi connectivity index (χ4n) is 4.69. The number of unbranched alkanes of at least 4 members (excludes halogenated alkanes) is 1. The van der Waals surface area contributed by atoms with Crippen molar-refractivity contribution in [3.63, 3.8) is 0 Å². The first-order chi connectivity index (χ1) is 16.5. The Morgan fingerprint density at radius 3 is 2.56 bits per heavy atom. The fourth-order valence-corrected chi connectivity index (χ4v) is 4.69. The van der Waals surface area contributed by atoms with Gasteiger partial charge < -0.3 is 14.8 Å². The van der Waals surface area contributed by atoms with Crippen LogP contribution in [0.15, 0.2) is 42.7 Å². The van der Waals surface area contributed by atoms with Crippen molar-refractivity contribution in [2.45, 2.75) is 65.3 Å². The molecule has 0 spiro atoms. The highest BCUT2D eigenvalue weighted by Gasteiger charge is 2.25. The Labute approximate surface area is 201 Å². The first kappa shape index (κ1) is 24.0. The van der Waals surface area contributed by atoms with Crippen LogP contribution in [-0.2, 0) is 4.79 Å². The van der Waals surface area contributed by atoms with Crippen LogP contribution in [-0.4, -0.2) is 33.9 Å². The van der Waals surface area contributed by atoms with Crippen molar-refractivity contribution in [3.05, 3.63) is 42.7 Å². The van der Waals surface area contributed by atoms with Gasteiger partial charge in [0, 0.05) is 36.8 Å². The summed E-state index contributed by atoms with van der Waals surface area (Å²) in [4.78, 5) is 15.9. The second kappa shape index (κ2) is 11.4. The number of rotatable bonds is 10. The van der Waals surface area contributed by atoms with E-state index < -0.39 is 0 Å². The summed E-state index contributed by atoms with van der Waals surface area (Å²) in [5.41, 5.74) is 1.58. The number of nitrogens with one attached hydrogen (secondary N) is 1. The lowest BCUT2D eigenvalue weighted by Crippen LogP contribution is -2.21. The Morgan fingerprint density at radius 1 is 1.12 bits per heavy atom. The zero-order chi connectivity index (χ0) is 23.9. The van der Waals surface area contributed by atoms with E-state index in [2.05, 4.69) is 35.0 Å². The number of amides is 1. The highest BCUT2D eigenvalue weighted by atomic mass is 16.5. The normalized spacial score (nSPS) is 18.2. The highest BCUT2D eigenvalue weighted by molar-refractivity contribution is 5.94. The second-order valence-electron chi connectivity index (χ2n) is 9.58. The van der Waals surface area contributed by atoms with E-state index in [-0.39, 0.29) is 5.91 Å². The van der Waals surface area contributed by atoms with Crippen LogP contribution in [0, 0.1) is 11.8 Å². The zero-order valence-electron chi connectivity index (χ0n) is 20.5. The van der Waals surface area contributed by atoms with Crippen LogP contribution in [0.1, 0.15) is 65.3 Å². The molecule has 0 saturated heterocycles. The predicted octanol–water partition coefficient (Wildman–Crippen LogP) is 6.02. The van der Waals surface area contributed by atoms with E-state index in [1.54, 1.807) is 6.20 Å². The van der Waals surface area contributed by atoms with Crippen LogP contribution in [0.5, 0.6) is 11.6 Å². The average Bonchev–Trinajstić information content (AvgIpc) is 3.24. The number of nitrogens with zero attached hydrogens (tertiary/aromatic N) is 3. The van der Waals surface area contributed by atoms with Crippen LogP contribution >= 0.6 is 0 Å². The van der Waals surface area contributed by atoms with Crippen LogP contribution in [0.2, 0.25) is 0 Å². The zero-order valence-corrected chi connectivity index (χ0v) is 20.5. The van der Waals surface area contributed by atoms with Crippen LogP contribution in [0.4, 0.5) is 5.69 Å². The lowest BCUT2D eigenvalue weighted by Gasteiger charge is -2.30.